The molecule has 0 bridgehead atoms. The molecule has 4 amide bonds. The summed E-state index contributed by atoms with van der Waals surface area (Å²) >= 11 is 0. The van der Waals surface area contributed by atoms with Crippen LogP contribution >= 0.6 is 0 Å². The molecule has 0 saturated carbocycles. The second-order valence-corrected chi connectivity index (χ2v) is 13.0. The van der Waals surface area contributed by atoms with Crippen LogP contribution in [0.4, 0.5) is 9.59 Å². The van der Waals surface area contributed by atoms with E-state index in [0.29, 0.717) is 6.61 Å². The zero-order valence-corrected chi connectivity index (χ0v) is 22.7. The Morgan fingerprint density at radius 2 is 1.85 bits per heavy atom. The average molecular weight is 497 g/mol. The summed E-state index contributed by atoms with van der Waals surface area (Å²) in [5.74, 6) is -1.05. The number of urea groups is 1. The van der Waals surface area contributed by atoms with Crippen LogP contribution in [0.1, 0.15) is 27.2 Å². The first kappa shape index (κ1) is 27.8. The Morgan fingerprint density at radius 1 is 1.24 bits per heavy atom. The summed E-state index contributed by atoms with van der Waals surface area (Å²) in [7, 11) is 1.89. The molecule has 34 heavy (non-hydrogen) atoms. The van der Waals surface area contributed by atoms with Crippen molar-refractivity contribution < 1.29 is 28.3 Å². The molecule has 192 valence electrons. The summed E-state index contributed by atoms with van der Waals surface area (Å²) in [5, 5.41) is 5.30. The fourth-order valence-electron chi connectivity index (χ4n) is 4.33. The van der Waals surface area contributed by atoms with Crippen molar-refractivity contribution in [1.82, 2.24) is 20.2 Å². The van der Waals surface area contributed by atoms with Gasteiger partial charge < -0.3 is 19.4 Å². The molecule has 10 nitrogen and oxygen atoms in total. The highest BCUT2D eigenvalue weighted by Gasteiger charge is 2.50. The monoisotopic (exact) mass is 496 g/mol. The van der Waals surface area contributed by atoms with Crippen molar-refractivity contribution in [3.63, 3.8) is 0 Å². The van der Waals surface area contributed by atoms with E-state index in [1.54, 1.807) is 14.1 Å². The molecule has 0 aromatic carbocycles. The highest BCUT2D eigenvalue weighted by atomic mass is 28.3. The Labute approximate surface area is 204 Å². The number of nitrogens with one attached hydrogen (secondary N) is 1. The van der Waals surface area contributed by atoms with Gasteiger partial charge in [0.05, 0.1) is 24.9 Å². The molecular weight excluding hydrogens is 456 g/mol. The lowest BCUT2D eigenvalue weighted by Gasteiger charge is -2.46. The minimum atomic E-state index is -1.26. The van der Waals surface area contributed by atoms with Gasteiger partial charge in [0.25, 0.3) is 0 Å². The Hall–Kier alpha value is -2.40. The number of ketones is 1. The molecular formula is C23H40N4O6Si. The summed E-state index contributed by atoms with van der Waals surface area (Å²) in [6, 6.07) is -0.704. The summed E-state index contributed by atoms with van der Waals surface area (Å²) in [5.41, 5.74) is -0.166. The Balaban J connectivity index is 2.12. The first-order valence-corrected chi connectivity index (χ1v) is 14.5. The fourth-order valence-corrected chi connectivity index (χ4v) is 4.93. The first-order valence-electron chi connectivity index (χ1n) is 11.8. The Bertz CT molecular complexity index is 797. The highest BCUT2D eigenvalue weighted by Crippen LogP contribution is 2.39. The molecule has 2 aliphatic heterocycles. The summed E-state index contributed by atoms with van der Waals surface area (Å²) in [6.45, 7) is 14.6. The summed E-state index contributed by atoms with van der Waals surface area (Å²) in [6.07, 6.45) is 0.875. The van der Waals surface area contributed by atoms with Crippen LogP contribution in [0.15, 0.2) is 12.7 Å². The Kier molecular flexibility index (Phi) is 9.29. The highest BCUT2D eigenvalue weighted by molar-refractivity contribution is 6.48. The number of carbonyl (C=O) groups excluding carboxylic acids is 4. The number of carbonyl (C=O) groups is 4. The number of rotatable bonds is 9. The topological polar surface area (TPSA) is 108 Å². The van der Waals surface area contributed by atoms with Crippen LogP contribution in [-0.2, 0) is 18.8 Å². The third-order valence-corrected chi connectivity index (χ3v) is 7.17. The van der Waals surface area contributed by atoms with E-state index in [1.165, 1.54) is 21.0 Å². The number of nitrogens with zero attached hydrogens (tertiary/aromatic N) is 3. The molecule has 2 fully saturated rings. The standard InChI is InChI=1S/C23H40N4O6Si/c1-9-10-32-22(31)27-13-15(12-26(27)21(30)25(5)6)18(28)11-17-19(20(29)24-17)16(23(2,3)4)14-33-34(7)8/h9,15-17,19,34H,1,10-14H2,2-8H3,(H,24,29)/t15?,16-,17-,19+/m1/s1. The van der Waals surface area contributed by atoms with Gasteiger partial charge in [-0.3, -0.25) is 9.59 Å². The number of β-lactam (4-membered cyclic amide) rings is 1. The zero-order valence-electron chi connectivity index (χ0n) is 21.5. The van der Waals surface area contributed by atoms with E-state index in [0.717, 1.165) is 0 Å². The van der Waals surface area contributed by atoms with E-state index >= 15 is 0 Å². The van der Waals surface area contributed by atoms with Crippen LogP contribution in [0.25, 0.3) is 0 Å². The van der Waals surface area contributed by atoms with Crippen molar-refractivity contribution in [2.45, 2.75) is 46.3 Å². The van der Waals surface area contributed by atoms with Crippen LogP contribution in [0.5, 0.6) is 0 Å². The number of ether oxygens (including phenoxy) is 1. The van der Waals surface area contributed by atoms with Crippen LogP contribution < -0.4 is 5.32 Å². The lowest BCUT2D eigenvalue weighted by Crippen LogP contribution is -2.64. The molecule has 1 N–H and O–H groups in total. The normalized spacial score (nSPS) is 23.3. The number of hydrogen-bond acceptors (Lipinski definition) is 6. The molecule has 2 heterocycles. The number of hydrazine groups is 1. The van der Waals surface area contributed by atoms with Crippen molar-refractivity contribution in [3.05, 3.63) is 12.7 Å². The maximum absolute atomic E-state index is 13.2. The predicted octanol–water partition coefficient (Wildman–Crippen LogP) is 1.88. The molecule has 0 aromatic heterocycles. The zero-order chi connectivity index (χ0) is 25.8. The van der Waals surface area contributed by atoms with Gasteiger partial charge in [0.15, 0.2) is 9.04 Å². The number of hydrogen-bond donors (Lipinski definition) is 1. The maximum Gasteiger partial charge on any atom is 0.429 e. The minimum Gasteiger partial charge on any atom is -0.444 e. The molecule has 2 rings (SSSR count). The van der Waals surface area contributed by atoms with E-state index in [9.17, 15) is 19.2 Å². The van der Waals surface area contributed by atoms with Gasteiger partial charge in [0, 0.05) is 33.2 Å². The van der Waals surface area contributed by atoms with Crippen LogP contribution in [0.2, 0.25) is 13.1 Å². The van der Waals surface area contributed by atoms with Crippen molar-refractivity contribution in [1.29, 1.82) is 0 Å². The SMILES string of the molecule is C=CCOC(=O)N1CC(C(=O)C[C@H]2NC(=O)[C@H]2[C@@H](CO[SiH](C)C)C(C)(C)C)CN1C(=O)N(C)C. The van der Waals surface area contributed by atoms with Gasteiger partial charge in [-0.2, -0.15) is 0 Å². The van der Waals surface area contributed by atoms with E-state index in [-0.39, 0.29) is 61.1 Å². The van der Waals surface area contributed by atoms with E-state index in [4.69, 9.17) is 9.16 Å². The number of amides is 4. The Morgan fingerprint density at radius 3 is 2.35 bits per heavy atom. The molecule has 2 aliphatic rings. The smallest absolute Gasteiger partial charge is 0.429 e. The largest absolute Gasteiger partial charge is 0.444 e. The molecule has 0 radical (unpaired) electrons. The third-order valence-electron chi connectivity index (χ3n) is 6.31. The van der Waals surface area contributed by atoms with E-state index in [2.05, 4.69) is 45.8 Å². The van der Waals surface area contributed by atoms with Gasteiger partial charge >= 0.3 is 12.1 Å². The quantitative estimate of drug-likeness (QED) is 0.297. The van der Waals surface area contributed by atoms with Crippen molar-refractivity contribution in [2.24, 2.45) is 23.2 Å². The fraction of sp³-hybridized carbons (Fsp3) is 0.739. The van der Waals surface area contributed by atoms with Gasteiger partial charge in [-0.25, -0.2) is 19.6 Å². The van der Waals surface area contributed by atoms with Crippen LogP contribution in [-0.4, -0.2) is 94.2 Å². The van der Waals surface area contributed by atoms with Gasteiger partial charge in [0.1, 0.15) is 12.4 Å². The molecule has 0 spiro atoms. The van der Waals surface area contributed by atoms with E-state index in [1.807, 2.05) is 0 Å². The summed E-state index contributed by atoms with van der Waals surface area (Å²) < 4.78 is 11.1. The predicted molar refractivity (Wildman–Crippen MR) is 130 cm³/mol. The van der Waals surface area contributed by atoms with E-state index < -0.39 is 27.1 Å². The van der Waals surface area contributed by atoms with Gasteiger partial charge in [-0.05, 0) is 24.4 Å². The van der Waals surface area contributed by atoms with Gasteiger partial charge in [-0.15, -0.1) is 0 Å². The second kappa shape index (κ2) is 11.3. The second-order valence-electron chi connectivity index (χ2n) is 10.6. The summed E-state index contributed by atoms with van der Waals surface area (Å²) in [4.78, 5) is 52.2. The molecule has 2 saturated heterocycles. The van der Waals surface area contributed by atoms with Crippen molar-refractivity contribution in [3.8, 4) is 0 Å². The lowest BCUT2D eigenvalue weighted by molar-refractivity contribution is -0.143. The molecule has 0 aromatic rings. The minimum absolute atomic E-state index is 0.00320. The maximum atomic E-state index is 13.2. The lowest BCUT2D eigenvalue weighted by atomic mass is 9.66. The molecule has 4 atom stereocenters. The first-order chi connectivity index (χ1) is 15.8. The van der Waals surface area contributed by atoms with Crippen molar-refractivity contribution >= 4 is 32.9 Å². The molecule has 11 heteroatoms. The molecule has 0 aliphatic carbocycles. The van der Waals surface area contributed by atoms with Gasteiger partial charge in [0.2, 0.25) is 5.91 Å². The molecule has 1 unspecified atom stereocenters. The average Bonchev–Trinajstić information content (AvgIpc) is 3.18. The van der Waals surface area contributed by atoms with Crippen LogP contribution in [0, 0.1) is 23.2 Å². The van der Waals surface area contributed by atoms with Crippen LogP contribution in [0.3, 0.4) is 0 Å². The number of Topliss-reactive ketones (excluding diaryl/α,β-unsaturated/α-hetero) is 1. The van der Waals surface area contributed by atoms with Crippen molar-refractivity contribution in [2.75, 3.05) is 40.4 Å². The third kappa shape index (κ3) is 6.59. The van der Waals surface area contributed by atoms with Gasteiger partial charge in [-0.1, -0.05) is 33.4 Å².